The normalized spacial score (nSPS) is 26.7. The molecular formula is C18H26N2O. The van der Waals surface area contributed by atoms with Crippen LogP contribution in [0.2, 0.25) is 0 Å². The standard InChI is InChI=1S/C18H26N2O/c1-13-10-14-5-9-20(17(14)11-16(13)19)12-15-4-8-18(21-15)6-2-3-7-18/h10-11,15H,2-9,12,19H2,1H3. The lowest BCUT2D eigenvalue weighted by atomic mass is 9.98. The summed E-state index contributed by atoms with van der Waals surface area (Å²) in [4.78, 5) is 2.49. The van der Waals surface area contributed by atoms with E-state index in [1.165, 1.54) is 55.3 Å². The summed E-state index contributed by atoms with van der Waals surface area (Å²) in [7, 11) is 0. The van der Waals surface area contributed by atoms with Gasteiger partial charge in [0.25, 0.3) is 0 Å². The van der Waals surface area contributed by atoms with Crippen LogP contribution in [0, 0.1) is 6.92 Å². The van der Waals surface area contributed by atoms with Crippen molar-refractivity contribution in [2.75, 3.05) is 23.7 Å². The molecule has 2 N–H and O–H groups in total. The van der Waals surface area contributed by atoms with Crippen molar-refractivity contribution in [1.29, 1.82) is 0 Å². The molecule has 1 aliphatic carbocycles. The number of nitrogens with two attached hydrogens (primary N) is 1. The van der Waals surface area contributed by atoms with E-state index in [-0.39, 0.29) is 5.60 Å². The van der Waals surface area contributed by atoms with Crippen LogP contribution in [-0.2, 0) is 11.2 Å². The maximum Gasteiger partial charge on any atom is 0.0758 e. The second kappa shape index (κ2) is 4.91. The summed E-state index contributed by atoms with van der Waals surface area (Å²) in [5, 5.41) is 0. The number of rotatable bonds is 2. The van der Waals surface area contributed by atoms with Crippen LogP contribution in [0.5, 0.6) is 0 Å². The van der Waals surface area contributed by atoms with Crippen LogP contribution in [0.3, 0.4) is 0 Å². The van der Waals surface area contributed by atoms with Crippen molar-refractivity contribution in [2.45, 2.75) is 63.6 Å². The van der Waals surface area contributed by atoms with Crippen LogP contribution < -0.4 is 10.6 Å². The van der Waals surface area contributed by atoms with Crippen LogP contribution in [0.4, 0.5) is 11.4 Å². The molecule has 3 nitrogen and oxygen atoms in total. The molecule has 0 aromatic heterocycles. The van der Waals surface area contributed by atoms with Gasteiger partial charge in [0.2, 0.25) is 0 Å². The second-order valence-electron chi connectivity index (χ2n) is 7.20. The van der Waals surface area contributed by atoms with Crippen LogP contribution in [0.1, 0.15) is 49.7 Å². The van der Waals surface area contributed by atoms with Crippen molar-refractivity contribution in [1.82, 2.24) is 0 Å². The molecule has 2 fully saturated rings. The summed E-state index contributed by atoms with van der Waals surface area (Å²) < 4.78 is 6.47. The predicted molar refractivity (Wildman–Crippen MR) is 86.8 cm³/mol. The fourth-order valence-corrected chi connectivity index (χ4v) is 4.49. The van der Waals surface area contributed by atoms with Gasteiger partial charge in [-0.25, -0.2) is 0 Å². The molecule has 0 radical (unpaired) electrons. The van der Waals surface area contributed by atoms with Crippen molar-refractivity contribution in [2.24, 2.45) is 0 Å². The zero-order valence-electron chi connectivity index (χ0n) is 13.0. The molecule has 2 aliphatic heterocycles. The van der Waals surface area contributed by atoms with E-state index >= 15 is 0 Å². The van der Waals surface area contributed by atoms with Crippen LogP contribution >= 0.6 is 0 Å². The number of benzene rings is 1. The smallest absolute Gasteiger partial charge is 0.0758 e. The zero-order chi connectivity index (χ0) is 14.4. The maximum atomic E-state index is 6.47. The van der Waals surface area contributed by atoms with Crippen LogP contribution in [0.15, 0.2) is 12.1 Å². The van der Waals surface area contributed by atoms with Crippen molar-refractivity contribution in [3.05, 3.63) is 23.3 Å². The van der Waals surface area contributed by atoms with Gasteiger partial charge in [-0.05, 0) is 56.2 Å². The van der Waals surface area contributed by atoms with Gasteiger partial charge >= 0.3 is 0 Å². The van der Waals surface area contributed by atoms with Crippen LogP contribution in [-0.4, -0.2) is 24.8 Å². The van der Waals surface area contributed by atoms with Gasteiger partial charge in [0.15, 0.2) is 0 Å². The molecule has 1 aromatic carbocycles. The third-order valence-electron chi connectivity index (χ3n) is 5.74. The van der Waals surface area contributed by atoms with Gasteiger partial charge in [-0.2, -0.15) is 0 Å². The molecule has 1 saturated carbocycles. The van der Waals surface area contributed by atoms with Gasteiger partial charge in [0, 0.05) is 24.5 Å². The first-order valence-electron chi connectivity index (χ1n) is 8.47. The average molecular weight is 286 g/mol. The highest BCUT2D eigenvalue weighted by molar-refractivity contribution is 5.67. The number of hydrogen-bond donors (Lipinski definition) is 1. The van der Waals surface area contributed by atoms with Crippen molar-refractivity contribution in [3.8, 4) is 0 Å². The summed E-state index contributed by atoms with van der Waals surface area (Å²) in [6.45, 7) is 4.25. The van der Waals surface area contributed by atoms with Crippen molar-refractivity contribution >= 4 is 11.4 Å². The number of anilines is 2. The van der Waals surface area contributed by atoms with Gasteiger partial charge in [-0.15, -0.1) is 0 Å². The van der Waals surface area contributed by atoms with E-state index in [4.69, 9.17) is 10.5 Å². The summed E-state index contributed by atoms with van der Waals surface area (Å²) in [6, 6.07) is 4.43. The molecule has 1 saturated heterocycles. The summed E-state index contributed by atoms with van der Waals surface area (Å²) >= 11 is 0. The van der Waals surface area contributed by atoms with E-state index in [0.29, 0.717) is 6.10 Å². The SMILES string of the molecule is Cc1cc2c(cc1N)N(CC1CCC3(CCCC3)O1)CC2. The highest BCUT2D eigenvalue weighted by atomic mass is 16.5. The molecule has 114 valence electrons. The monoisotopic (exact) mass is 286 g/mol. The first kappa shape index (κ1) is 13.4. The number of ether oxygens (including phenoxy) is 1. The lowest BCUT2D eigenvalue weighted by Gasteiger charge is -2.27. The Balaban J connectivity index is 1.47. The quantitative estimate of drug-likeness (QED) is 0.847. The Labute approximate surface area is 127 Å². The topological polar surface area (TPSA) is 38.5 Å². The van der Waals surface area contributed by atoms with E-state index in [9.17, 15) is 0 Å². The van der Waals surface area contributed by atoms with Crippen molar-refractivity contribution in [3.63, 3.8) is 0 Å². The molecule has 2 heterocycles. The highest BCUT2D eigenvalue weighted by Crippen LogP contribution is 2.44. The molecule has 21 heavy (non-hydrogen) atoms. The molecule has 3 heteroatoms. The Kier molecular flexibility index (Phi) is 3.14. The number of fused-ring (bicyclic) bond motifs is 1. The predicted octanol–water partition coefficient (Wildman–Crippen LogP) is 3.43. The Morgan fingerprint density at radius 1 is 1.29 bits per heavy atom. The number of nitrogens with zero attached hydrogens (tertiary/aromatic N) is 1. The van der Waals surface area contributed by atoms with E-state index < -0.39 is 0 Å². The largest absolute Gasteiger partial charge is 0.398 e. The maximum absolute atomic E-state index is 6.47. The average Bonchev–Trinajstić information content (AvgIpc) is 3.16. The fraction of sp³-hybridized carbons (Fsp3) is 0.667. The Morgan fingerprint density at radius 2 is 2.10 bits per heavy atom. The van der Waals surface area contributed by atoms with Crippen LogP contribution in [0.25, 0.3) is 0 Å². The molecule has 3 aliphatic rings. The van der Waals surface area contributed by atoms with Gasteiger partial charge in [-0.3, -0.25) is 0 Å². The third kappa shape index (κ3) is 2.32. The molecule has 0 amide bonds. The van der Waals surface area contributed by atoms with Gasteiger partial charge < -0.3 is 15.4 Å². The highest BCUT2D eigenvalue weighted by Gasteiger charge is 2.42. The Morgan fingerprint density at radius 3 is 2.90 bits per heavy atom. The minimum Gasteiger partial charge on any atom is -0.398 e. The molecule has 1 aromatic rings. The van der Waals surface area contributed by atoms with E-state index in [1.54, 1.807) is 0 Å². The molecular weight excluding hydrogens is 260 g/mol. The Hall–Kier alpha value is -1.22. The molecule has 1 atom stereocenters. The first-order valence-corrected chi connectivity index (χ1v) is 8.47. The Bertz CT molecular complexity index is 548. The zero-order valence-corrected chi connectivity index (χ0v) is 13.0. The minimum atomic E-state index is 0.250. The second-order valence-corrected chi connectivity index (χ2v) is 7.20. The van der Waals surface area contributed by atoms with Gasteiger partial charge in [0.05, 0.1) is 11.7 Å². The number of aryl methyl sites for hydroxylation is 1. The number of hydrogen-bond acceptors (Lipinski definition) is 3. The van der Waals surface area contributed by atoms with Gasteiger partial charge in [-0.1, -0.05) is 18.9 Å². The molecule has 1 spiro atoms. The first-order chi connectivity index (χ1) is 10.2. The lowest BCUT2D eigenvalue weighted by Crippen LogP contribution is -2.33. The molecule has 4 rings (SSSR count). The minimum absolute atomic E-state index is 0.250. The van der Waals surface area contributed by atoms with Gasteiger partial charge in [0.1, 0.15) is 0 Å². The molecule has 1 unspecified atom stereocenters. The molecule has 0 bridgehead atoms. The summed E-state index contributed by atoms with van der Waals surface area (Å²) in [5.41, 5.74) is 11.3. The van der Waals surface area contributed by atoms with E-state index in [0.717, 1.165) is 25.2 Å². The fourth-order valence-electron chi connectivity index (χ4n) is 4.49. The summed E-state index contributed by atoms with van der Waals surface area (Å²) in [5.74, 6) is 0. The van der Waals surface area contributed by atoms with E-state index in [1.807, 2.05) is 0 Å². The summed E-state index contributed by atoms with van der Waals surface area (Å²) in [6.07, 6.45) is 9.34. The van der Waals surface area contributed by atoms with Crippen molar-refractivity contribution < 1.29 is 4.74 Å². The number of nitrogen functional groups attached to an aromatic ring is 1. The van der Waals surface area contributed by atoms with E-state index in [2.05, 4.69) is 24.0 Å². The third-order valence-corrected chi connectivity index (χ3v) is 5.74. The lowest BCUT2D eigenvalue weighted by molar-refractivity contribution is -0.0326.